The lowest BCUT2D eigenvalue weighted by Crippen LogP contribution is -2.29. The first-order chi connectivity index (χ1) is 9.56. The average molecular weight is 278 g/mol. The number of nitrogens with zero attached hydrogens (tertiary/aromatic N) is 1. The fraction of sp³-hybridized carbons (Fsp3) is 0.562. The van der Waals surface area contributed by atoms with E-state index in [0.717, 1.165) is 37.2 Å². The maximum atomic E-state index is 10.9. The molecular weight excluding hydrogens is 252 g/mol. The van der Waals surface area contributed by atoms with Crippen molar-refractivity contribution in [2.45, 2.75) is 39.7 Å². The molecular formula is C16H26N2O2. The molecule has 0 aliphatic rings. The van der Waals surface area contributed by atoms with E-state index in [1.54, 1.807) is 0 Å². The van der Waals surface area contributed by atoms with Crippen LogP contribution < -0.4 is 5.32 Å². The second-order valence-electron chi connectivity index (χ2n) is 5.07. The Morgan fingerprint density at radius 2 is 1.95 bits per heavy atom. The lowest BCUT2D eigenvalue weighted by atomic mass is 10.1. The second-order valence-corrected chi connectivity index (χ2v) is 5.07. The zero-order valence-electron chi connectivity index (χ0n) is 12.7. The van der Waals surface area contributed by atoms with Gasteiger partial charge in [-0.1, -0.05) is 32.4 Å². The Balaban J connectivity index is 2.57. The Hall–Kier alpha value is -1.39. The van der Waals surface area contributed by atoms with Crippen LogP contribution in [0.5, 0.6) is 0 Å². The molecule has 20 heavy (non-hydrogen) atoms. The predicted molar refractivity (Wildman–Crippen MR) is 82.7 cm³/mol. The molecule has 4 nitrogen and oxygen atoms in total. The number of anilines is 1. The van der Waals surface area contributed by atoms with Gasteiger partial charge in [-0.25, -0.2) is 0 Å². The molecule has 0 radical (unpaired) electrons. The maximum absolute atomic E-state index is 10.9. The fourth-order valence-corrected chi connectivity index (χ4v) is 2.10. The molecule has 0 aliphatic heterocycles. The Morgan fingerprint density at radius 3 is 2.45 bits per heavy atom. The summed E-state index contributed by atoms with van der Waals surface area (Å²) < 4.78 is 0. The van der Waals surface area contributed by atoms with Crippen LogP contribution in [-0.4, -0.2) is 35.5 Å². The number of likely N-dealkylation sites (N-methyl/N-ethyl adjacent to an activating group) is 1. The first-order valence-electron chi connectivity index (χ1n) is 7.34. The van der Waals surface area contributed by atoms with Gasteiger partial charge in [0, 0.05) is 19.2 Å². The molecule has 1 rings (SSSR count). The van der Waals surface area contributed by atoms with Crippen molar-refractivity contribution < 1.29 is 9.90 Å². The SMILES string of the molecule is CCCCN(CC)CC(O)c1ccc(NC(C)=O)cc1. The van der Waals surface area contributed by atoms with Gasteiger partial charge in [0.15, 0.2) is 0 Å². The van der Waals surface area contributed by atoms with E-state index >= 15 is 0 Å². The minimum Gasteiger partial charge on any atom is -0.387 e. The van der Waals surface area contributed by atoms with Gasteiger partial charge in [0.05, 0.1) is 6.10 Å². The number of nitrogens with one attached hydrogen (secondary N) is 1. The molecule has 112 valence electrons. The highest BCUT2D eigenvalue weighted by atomic mass is 16.3. The van der Waals surface area contributed by atoms with Gasteiger partial charge in [-0.2, -0.15) is 0 Å². The molecule has 0 aliphatic carbocycles. The van der Waals surface area contributed by atoms with Gasteiger partial charge in [-0.05, 0) is 37.2 Å². The maximum Gasteiger partial charge on any atom is 0.221 e. The molecule has 0 saturated heterocycles. The van der Waals surface area contributed by atoms with Crippen LogP contribution in [0.2, 0.25) is 0 Å². The molecule has 0 fully saturated rings. The summed E-state index contributed by atoms with van der Waals surface area (Å²) in [5.41, 5.74) is 1.64. The van der Waals surface area contributed by atoms with E-state index in [1.165, 1.54) is 6.92 Å². The van der Waals surface area contributed by atoms with Crippen LogP contribution in [0.4, 0.5) is 5.69 Å². The van der Waals surface area contributed by atoms with Crippen LogP contribution in [0, 0.1) is 0 Å². The number of benzene rings is 1. The lowest BCUT2D eigenvalue weighted by molar-refractivity contribution is -0.114. The van der Waals surface area contributed by atoms with E-state index in [9.17, 15) is 9.90 Å². The highest BCUT2D eigenvalue weighted by Crippen LogP contribution is 2.17. The highest BCUT2D eigenvalue weighted by Gasteiger charge is 2.12. The average Bonchev–Trinajstić information content (AvgIpc) is 2.43. The van der Waals surface area contributed by atoms with Gasteiger partial charge in [0.25, 0.3) is 0 Å². The quantitative estimate of drug-likeness (QED) is 0.769. The minimum absolute atomic E-state index is 0.0879. The summed E-state index contributed by atoms with van der Waals surface area (Å²) in [7, 11) is 0. The van der Waals surface area contributed by atoms with Crippen molar-refractivity contribution in [1.29, 1.82) is 0 Å². The standard InChI is InChI=1S/C16H26N2O2/c1-4-6-11-18(5-2)12-16(20)14-7-9-15(10-8-14)17-13(3)19/h7-10,16,20H,4-6,11-12H2,1-3H3,(H,17,19). The number of carbonyl (C=O) groups excluding carboxylic acids is 1. The largest absolute Gasteiger partial charge is 0.387 e. The van der Waals surface area contributed by atoms with Crippen molar-refractivity contribution in [3.8, 4) is 0 Å². The number of hydrogen-bond donors (Lipinski definition) is 2. The topological polar surface area (TPSA) is 52.6 Å². The summed E-state index contributed by atoms with van der Waals surface area (Å²) >= 11 is 0. The van der Waals surface area contributed by atoms with E-state index in [4.69, 9.17) is 0 Å². The van der Waals surface area contributed by atoms with Gasteiger partial charge in [0.1, 0.15) is 0 Å². The number of amides is 1. The van der Waals surface area contributed by atoms with Crippen LogP contribution in [0.3, 0.4) is 0 Å². The molecule has 1 unspecified atom stereocenters. The van der Waals surface area contributed by atoms with Crippen LogP contribution in [-0.2, 0) is 4.79 Å². The molecule has 1 atom stereocenters. The zero-order chi connectivity index (χ0) is 15.0. The van der Waals surface area contributed by atoms with Crippen molar-refractivity contribution in [2.75, 3.05) is 25.0 Å². The number of aliphatic hydroxyl groups is 1. The molecule has 1 aromatic rings. The molecule has 2 N–H and O–H groups in total. The summed E-state index contributed by atoms with van der Waals surface area (Å²) in [6, 6.07) is 7.37. The molecule has 0 saturated carbocycles. The second kappa shape index (κ2) is 8.72. The first-order valence-corrected chi connectivity index (χ1v) is 7.34. The summed E-state index contributed by atoms with van der Waals surface area (Å²) in [6.07, 6.45) is 1.83. The van der Waals surface area contributed by atoms with Gasteiger partial charge in [0.2, 0.25) is 5.91 Å². The van der Waals surface area contributed by atoms with E-state index in [2.05, 4.69) is 24.1 Å². The van der Waals surface area contributed by atoms with Gasteiger partial charge in [-0.3, -0.25) is 4.79 Å². The third-order valence-electron chi connectivity index (χ3n) is 3.32. The summed E-state index contributed by atoms with van der Waals surface area (Å²) in [4.78, 5) is 13.2. The Morgan fingerprint density at radius 1 is 1.30 bits per heavy atom. The van der Waals surface area contributed by atoms with Crippen LogP contribution in [0.15, 0.2) is 24.3 Å². The van der Waals surface area contributed by atoms with Crippen molar-refractivity contribution in [3.63, 3.8) is 0 Å². The smallest absolute Gasteiger partial charge is 0.221 e. The molecule has 0 spiro atoms. The van der Waals surface area contributed by atoms with E-state index in [1.807, 2.05) is 24.3 Å². The van der Waals surface area contributed by atoms with Crippen LogP contribution in [0.25, 0.3) is 0 Å². The zero-order valence-corrected chi connectivity index (χ0v) is 12.7. The van der Waals surface area contributed by atoms with Gasteiger partial charge < -0.3 is 15.3 Å². The molecule has 0 aromatic heterocycles. The van der Waals surface area contributed by atoms with Crippen molar-refractivity contribution >= 4 is 11.6 Å². The summed E-state index contributed by atoms with van der Waals surface area (Å²) in [5, 5.41) is 13.0. The van der Waals surface area contributed by atoms with Gasteiger partial charge in [-0.15, -0.1) is 0 Å². The fourth-order valence-electron chi connectivity index (χ4n) is 2.10. The van der Waals surface area contributed by atoms with Gasteiger partial charge >= 0.3 is 0 Å². The van der Waals surface area contributed by atoms with Crippen molar-refractivity contribution in [1.82, 2.24) is 4.90 Å². The minimum atomic E-state index is -0.488. The number of carbonyl (C=O) groups is 1. The number of rotatable bonds is 8. The monoisotopic (exact) mass is 278 g/mol. The van der Waals surface area contributed by atoms with Crippen molar-refractivity contribution in [2.24, 2.45) is 0 Å². The third kappa shape index (κ3) is 5.72. The third-order valence-corrected chi connectivity index (χ3v) is 3.32. The highest BCUT2D eigenvalue weighted by molar-refractivity contribution is 5.88. The number of hydrogen-bond acceptors (Lipinski definition) is 3. The molecule has 4 heteroatoms. The van der Waals surface area contributed by atoms with Crippen molar-refractivity contribution in [3.05, 3.63) is 29.8 Å². The Bertz CT molecular complexity index is 403. The number of unbranched alkanes of at least 4 members (excludes halogenated alkanes) is 1. The lowest BCUT2D eigenvalue weighted by Gasteiger charge is -2.23. The summed E-state index contributed by atoms with van der Waals surface area (Å²) in [6.45, 7) is 8.38. The van der Waals surface area contributed by atoms with Crippen LogP contribution >= 0.6 is 0 Å². The molecule has 0 heterocycles. The van der Waals surface area contributed by atoms with E-state index < -0.39 is 6.10 Å². The molecule has 1 amide bonds. The molecule has 0 bridgehead atoms. The van der Waals surface area contributed by atoms with E-state index in [-0.39, 0.29) is 5.91 Å². The molecule has 1 aromatic carbocycles. The predicted octanol–water partition coefficient (Wildman–Crippen LogP) is 2.80. The Kier molecular flexibility index (Phi) is 7.26. The Labute approximate surface area is 121 Å². The summed E-state index contributed by atoms with van der Waals surface area (Å²) in [5.74, 6) is -0.0879. The first kappa shape index (κ1) is 16.7. The normalized spacial score (nSPS) is 12.4. The van der Waals surface area contributed by atoms with Crippen LogP contribution in [0.1, 0.15) is 45.3 Å². The number of aliphatic hydroxyl groups excluding tert-OH is 1. The van der Waals surface area contributed by atoms with E-state index in [0.29, 0.717) is 6.54 Å².